The van der Waals surface area contributed by atoms with Gasteiger partial charge in [-0.05, 0) is 43.9 Å². The van der Waals surface area contributed by atoms with Crippen molar-refractivity contribution in [1.29, 1.82) is 0 Å². The van der Waals surface area contributed by atoms with Crippen molar-refractivity contribution in [2.75, 3.05) is 32.8 Å². The van der Waals surface area contributed by atoms with Crippen LogP contribution in [0.15, 0.2) is 29.3 Å². The Kier molecular flexibility index (Phi) is 11.3. The zero-order chi connectivity index (χ0) is 18.6. The molecule has 148 valence electrons. The van der Waals surface area contributed by atoms with Crippen LogP contribution in [0.1, 0.15) is 25.3 Å². The van der Waals surface area contributed by atoms with E-state index in [-0.39, 0.29) is 42.4 Å². The summed E-state index contributed by atoms with van der Waals surface area (Å²) in [6.07, 6.45) is 8.07. The highest BCUT2D eigenvalue weighted by atomic mass is 127. The predicted octanol–water partition coefficient (Wildman–Crippen LogP) is 1.94. The highest BCUT2D eigenvalue weighted by Gasteiger charge is 2.28. The molecule has 3 N–H and O–H groups in total. The van der Waals surface area contributed by atoms with Gasteiger partial charge in [0.05, 0.1) is 0 Å². The summed E-state index contributed by atoms with van der Waals surface area (Å²) in [4.78, 5) is 16.2. The zero-order valence-electron chi connectivity index (χ0n) is 15.8. The molecule has 1 aliphatic rings. The first-order valence-corrected chi connectivity index (χ1v) is 9.18. The highest BCUT2D eigenvalue weighted by molar-refractivity contribution is 14.0. The summed E-state index contributed by atoms with van der Waals surface area (Å²) < 4.78 is 5.36. The topological polar surface area (TPSA) is 74.8 Å². The average molecular weight is 484 g/mol. The number of nitrogens with zero attached hydrogens (tertiary/aromatic N) is 1. The van der Waals surface area contributed by atoms with Gasteiger partial charge in [-0.2, -0.15) is 0 Å². The number of rotatable bonds is 10. The summed E-state index contributed by atoms with van der Waals surface area (Å²) in [5.41, 5.74) is 1.19. The Bertz CT molecular complexity index is 636. The summed E-state index contributed by atoms with van der Waals surface area (Å²) in [5.74, 6) is 4.41. The maximum Gasteiger partial charge on any atom is 0.223 e. The number of terminal acetylenes is 1. The lowest BCUT2D eigenvalue weighted by Crippen LogP contribution is -2.41. The van der Waals surface area contributed by atoms with Crippen molar-refractivity contribution < 1.29 is 9.53 Å². The molecule has 0 radical (unpaired) electrons. The van der Waals surface area contributed by atoms with E-state index in [1.165, 1.54) is 5.56 Å². The molecule has 1 aromatic rings. The molecule has 7 heteroatoms. The fourth-order valence-corrected chi connectivity index (χ4v) is 2.37. The van der Waals surface area contributed by atoms with E-state index in [1.54, 1.807) is 0 Å². The van der Waals surface area contributed by atoms with Crippen LogP contribution in [0, 0.1) is 18.3 Å². The fraction of sp³-hybridized carbons (Fsp3) is 0.500. The standard InChI is InChI=1S/C20H28N4O2.HI/c1-3-15-26-18-9-5-16(6-10-18)11-12-23-20(21-4-2)24-14-13-22-19(25)17-7-8-17;/h1,5-6,9-10,17H,4,7-8,11-15H2,2H3,(H,22,25)(H2,21,23,24);1H. The van der Waals surface area contributed by atoms with E-state index in [2.05, 4.69) is 26.9 Å². The molecular weight excluding hydrogens is 455 g/mol. The molecule has 1 amide bonds. The first-order chi connectivity index (χ1) is 12.7. The Morgan fingerprint density at radius 1 is 1.22 bits per heavy atom. The van der Waals surface area contributed by atoms with E-state index in [0.29, 0.717) is 19.6 Å². The second kappa shape index (κ2) is 13.3. The first kappa shape index (κ1) is 23.1. The molecule has 0 heterocycles. The van der Waals surface area contributed by atoms with Crippen molar-refractivity contribution in [3.8, 4) is 18.1 Å². The van der Waals surface area contributed by atoms with Gasteiger partial charge >= 0.3 is 0 Å². The molecule has 0 unspecified atom stereocenters. The van der Waals surface area contributed by atoms with E-state index in [0.717, 1.165) is 37.5 Å². The van der Waals surface area contributed by atoms with Crippen LogP contribution in [0.5, 0.6) is 5.75 Å². The second-order valence-corrected chi connectivity index (χ2v) is 6.14. The van der Waals surface area contributed by atoms with Gasteiger partial charge in [-0.3, -0.25) is 9.79 Å². The van der Waals surface area contributed by atoms with Gasteiger partial charge < -0.3 is 20.7 Å². The molecule has 1 aliphatic carbocycles. The molecule has 0 bridgehead atoms. The van der Waals surface area contributed by atoms with Crippen LogP contribution in [0.3, 0.4) is 0 Å². The number of carbonyl (C=O) groups excluding carboxylic acids is 1. The Labute approximate surface area is 178 Å². The minimum atomic E-state index is 0. The van der Waals surface area contributed by atoms with Gasteiger partial charge in [0.1, 0.15) is 12.4 Å². The molecule has 1 aromatic carbocycles. The smallest absolute Gasteiger partial charge is 0.223 e. The second-order valence-electron chi connectivity index (χ2n) is 6.14. The molecule has 0 saturated heterocycles. The molecule has 0 aliphatic heterocycles. The number of hydrogen-bond donors (Lipinski definition) is 3. The van der Waals surface area contributed by atoms with Crippen LogP contribution in [0.4, 0.5) is 0 Å². The quantitative estimate of drug-likeness (QED) is 0.156. The maximum atomic E-state index is 11.6. The van der Waals surface area contributed by atoms with Crippen molar-refractivity contribution in [3.63, 3.8) is 0 Å². The van der Waals surface area contributed by atoms with E-state index >= 15 is 0 Å². The summed E-state index contributed by atoms with van der Waals surface area (Å²) >= 11 is 0. The average Bonchev–Trinajstić information content (AvgIpc) is 3.49. The van der Waals surface area contributed by atoms with Gasteiger partial charge in [0.2, 0.25) is 5.91 Å². The van der Waals surface area contributed by atoms with Crippen molar-refractivity contribution in [3.05, 3.63) is 29.8 Å². The molecule has 6 nitrogen and oxygen atoms in total. The molecule has 0 aromatic heterocycles. The fourth-order valence-electron chi connectivity index (χ4n) is 2.37. The largest absolute Gasteiger partial charge is 0.481 e. The highest BCUT2D eigenvalue weighted by Crippen LogP contribution is 2.28. The Balaban J connectivity index is 0.00000364. The minimum absolute atomic E-state index is 0. The zero-order valence-corrected chi connectivity index (χ0v) is 18.1. The third kappa shape index (κ3) is 9.52. The molecule has 1 fully saturated rings. The van der Waals surface area contributed by atoms with Gasteiger partial charge in [0, 0.05) is 32.1 Å². The van der Waals surface area contributed by atoms with Crippen molar-refractivity contribution in [1.82, 2.24) is 16.0 Å². The molecule has 0 atom stereocenters. The molecular formula is C20H29IN4O2. The van der Waals surface area contributed by atoms with Crippen molar-refractivity contribution in [2.45, 2.75) is 26.2 Å². The monoisotopic (exact) mass is 484 g/mol. The number of aliphatic imine (C=N–C) groups is 1. The lowest BCUT2D eigenvalue weighted by Gasteiger charge is -2.12. The van der Waals surface area contributed by atoms with Gasteiger partial charge in [0.15, 0.2) is 5.96 Å². The van der Waals surface area contributed by atoms with Gasteiger partial charge in [-0.15, -0.1) is 30.4 Å². The summed E-state index contributed by atoms with van der Waals surface area (Å²) in [6.45, 7) is 5.05. The first-order valence-electron chi connectivity index (χ1n) is 9.18. The molecule has 0 spiro atoms. The normalized spacial score (nSPS) is 13.1. The summed E-state index contributed by atoms with van der Waals surface area (Å²) in [5, 5.41) is 9.39. The number of carbonyl (C=O) groups is 1. The van der Waals surface area contributed by atoms with Crippen LogP contribution in [0.2, 0.25) is 0 Å². The van der Waals surface area contributed by atoms with E-state index < -0.39 is 0 Å². The Morgan fingerprint density at radius 3 is 2.56 bits per heavy atom. The summed E-state index contributed by atoms with van der Waals surface area (Å²) in [7, 11) is 0. The van der Waals surface area contributed by atoms with Crippen LogP contribution in [-0.2, 0) is 11.2 Å². The predicted molar refractivity (Wildman–Crippen MR) is 120 cm³/mol. The van der Waals surface area contributed by atoms with E-state index in [9.17, 15) is 4.79 Å². The Morgan fingerprint density at radius 2 is 1.93 bits per heavy atom. The Hall–Kier alpha value is -1.95. The van der Waals surface area contributed by atoms with Gasteiger partial charge in [0.25, 0.3) is 0 Å². The number of ether oxygens (including phenoxy) is 1. The van der Waals surface area contributed by atoms with Gasteiger partial charge in [-0.25, -0.2) is 0 Å². The molecule has 1 saturated carbocycles. The van der Waals surface area contributed by atoms with Crippen LogP contribution in [0.25, 0.3) is 0 Å². The van der Waals surface area contributed by atoms with Crippen LogP contribution < -0.4 is 20.7 Å². The minimum Gasteiger partial charge on any atom is -0.481 e. The lowest BCUT2D eigenvalue weighted by atomic mass is 10.1. The number of amides is 1. The molecule has 2 rings (SSSR count). The van der Waals surface area contributed by atoms with Crippen LogP contribution >= 0.6 is 24.0 Å². The lowest BCUT2D eigenvalue weighted by molar-refractivity contribution is -0.122. The van der Waals surface area contributed by atoms with Gasteiger partial charge in [-0.1, -0.05) is 18.1 Å². The number of guanidine groups is 1. The van der Waals surface area contributed by atoms with E-state index in [1.807, 2.05) is 31.2 Å². The third-order valence-corrected chi connectivity index (χ3v) is 3.92. The summed E-state index contributed by atoms with van der Waals surface area (Å²) in [6, 6.07) is 7.88. The maximum absolute atomic E-state index is 11.6. The number of halogens is 1. The van der Waals surface area contributed by atoms with Crippen LogP contribution in [-0.4, -0.2) is 44.7 Å². The number of nitrogens with one attached hydrogen (secondary N) is 3. The SMILES string of the molecule is C#CCOc1ccc(CCN=C(NCC)NCCNC(=O)C2CC2)cc1.I. The molecule has 27 heavy (non-hydrogen) atoms. The number of hydrogen-bond acceptors (Lipinski definition) is 3. The van der Waals surface area contributed by atoms with Crippen molar-refractivity contribution in [2.24, 2.45) is 10.9 Å². The van der Waals surface area contributed by atoms with E-state index in [4.69, 9.17) is 11.2 Å². The number of benzene rings is 1. The third-order valence-electron chi connectivity index (χ3n) is 3.92. The van der Waals surface area contributed by atoms with Crippen molar-refractivity contribution >= 4 is 35.8 Å².